The second-order valence-electron chi connectivity index (χ2n) is 23.0. The largest absolute Gasteiger partial charge is 0.310 e. The molecule has 14 rings (SSSR count). The zero-order chi connectivity index (χ0) is 52.9. The first kappa shape index (κ1) is 47.2. The number of aromatic nitrogens is 3. The van der Waals surface area contributed by atoms with Crippen molar-refractivity contribution in [1.82, 2.24) is 14.5 Å². The lowest BCUT2D eigenvalue weighted by atomic mass is 9.33. The molecule has 0 bridgehead atoms. The molecule has 2 aliphatic rings. The zero-order valence-corrected chi connectivity index (χ0v) is 44.9. The fourth-order valence-electron chi connectivity index (χ4n) is 12.4. The standard InChI is InChI=1S/C72H58BN5/c1-71(2,3)51-35-37-60-64(39-51)77(69-56(47-23-11-7-12-24-47)43-74-44-57(69)48-25-13-8-14-26-48)66-41-53(76-62-33-21-19-31-54(62)55-32-20-22-34-63(55)76)42-67-68(66)73(60)61-38-36-52(72(4,5)6)40-65(61)78(67)70-58(49-27-15-9-16-28-49)45-75-46-59(70)50-29-17-10-18-30-50/h7-46H,1-6H3. The van der Waals surface area contributed by atoms with Crippen molar-refractivity contribution >= 4 is 79.0 Å². The number of fused-ring (bicyclic) bond motifs is 7. The summed E-state index contributed by atoms with van der Waals surface area (Å²) >= 11 is 0. The summed E-state index contributed by atoms with van der Waals surface area (Å²) in [5, 5.41) is 2.43. The molecule has 0 saturated carbocycles. The van der Waals surface area contributed by atoms with Gasteiger partial charge >= 0.3 is 0 Å². The molecule has 5 nitrogen and oxygen atoms in total. The van der Waals surface area contributed by atoms with Gasteiger partial charge in [-0.1, -0.05) is 224 Å². The third-order valence-electron chi connectivity index (χ3n) is 16.2. The van der Waals surface area contributed by atoms with Crippen molar-refractivity contribution in [2.45, 2.75) is 52.4 Å². The number of anilines is 6. The van der Waals surface area contributed by atoms with E-state index < -0.39 is 0 Å². The smallest absolute Gasteiger partial charge is 0.252 e. The van der Waals surface area contributed by atoms with Crippen LogP contribution in [0.5, 0.6) is 0 Å². The Morgan fingerprint density at radius 1 is 0.346 bits per heavy atom. The molecule has 0 spiro atoms. The van der Waals surface area contributed by atoms with Gasteiger partial charge in [0.05, 0.1) is 28.1 Å². The summed E-state index contributed by atoms with van der Waals surface area (Å²) < 4.78 is 2.50. The van der Waals surface area contributed by atoms with Crippen LogP contribution in [0.3, 0.4) is 0 Å². The maximum absolute atomic E-state index is 5.09. The SMILES string of the molecule is CC(C)(C)c1ccc2c(c1)N(c1c(-c3ccccc3)cncc1-c1ccccc1)c1cc(-n3c4ccccc4c4ccccc43)cc3c1B2c1ccc(C(C)(C)C)cc1N3c1c(-c2ccccc2)cncc1-c1ccccc1. The summed E-state index contributed by atoms with van der Waals surface area (Å²) in [5.74, 6) is 0. The van der Waals surface area contributed by atoms with E-state index in [1.807, 2.05) is 0 Å². The van der Waals surface area contributed by atoms with Crippen LogP contribution in [-0.4, -0.2) is 21.2 Å². The average Bonchev–Trinajstić information content (AvgIpc) is 3.81. The topological polar surface area (TPSA) is 37.2 Å². The highest BCUT2D eigenvalue weighted by atomic mass is 15.2. The molecule has 0 atom stereocenters. The fraction of sp³-hybridized carbons (Fsp3) is 0.111. The summed E-state index contributed by atoms with van der Waals surface area (Å²) in [4.78, 5) is 15.4. The van der Waals surface area contributed by atoms with Crippen LogP contribution < -0.4 is 26.2 Å². The van der Waals surface area contributed by atoms with Gasteiger partial charge in [-0.2, -0.15) is 0 Å². The quantitative estimate of drug-likeness (QED) is 0.149. The first-order valence-electron chi connectivity index (χ1n) is 27.2. The minimum atomic E-state index is -0.147. The summed E-state index contributed by atoms with van der Waals surface area (Å²) in [7, 11) is 0. The van der Waals surface area contributed by atoms with Crippen LogP contribution in [0.15, 0.2) is 243 Å². The molecular weight excluding hydrogens is 946 g/mol. The summed E-state index contributed by atoms with van der Waals surface area (Å²) in [6, 6.07) is 80.7. The Morgan fingerprint density at radius 2 is 0.679 bits per heavy atom. The van der Waals surface area contributed by atoms with Gasteiger partial charge in [0, 0.05) is 80.6 Å². The minimum absolute atomic E-state index is 0.146. The third kappa shape index (κ3) is 7.61. The van der Waals surface area contributed by atoms with Crippen molar-refractivity contribution in [1.29, 1.82) is 0 Å². The van der Waals surface area contributed by atoms with Crippen molar-refractivity contribution in [3.8, 4) is 50.2 Å². The number of para-hydroxylation sites is 2. The predicted molar refractivity (Wildman–Crippen MR) is 330 cm³/mol. The molecule has 0 amide bonds. The third-order valence-corrected chi connectivity index (χ3v) is 16.2. The highest BCUT2D eigenvalue weighted by Gasteiger charge is 2.46. The molecule has 0 aliphatic carbocycles. The summed E-state index contributed by atoms with van der Waals surface area (Å²) in [5.41, 5.74) is 24.6. The van der Waals surface area contributed by atoms with Gasteiger partial charge in [0.25, 0.3) is 6.71 Å². The van der Waals surface area contributed by atoms with Crippen molar-refractivity contribution in [2.24, 2.45) is 0 Å². The molecule has 374 valence electrons. The Balaban J connectivity index is 1.21. The van der Waals surface area contributed by atoms with Gasteiger partial charge in [0.15, 0.2) is 0 Å². The molecule has 0 N–H and O–H groups in total. The first-order chi connectivity index (χ1) is 38.0. The molecule has 78 heavy (non-hydrogen) atoms. The summed E-state index contributed by atoms with van der Waals surface area (Å²) in [6.07, 6.45) is 8.30. The van der Waals surface area contributed by atoms with Crippen LogP contribution in [0, 0.1) is 0 Å². The van der Waals surface area contributed by atoms with Crippen molar-refractivity contribution in [3.05, 3.63) is 254 Å². The van der Waals surface area contributed by atoms with E-state index in [0.29, 0.717) is 0 Å². The molecule has 0 fully saturated rings. The van der Waals surface area contributed by atoms with Gasteiger partial charge < -0.3 is 14.4 Å². The van der Waals surface area contributed by atoms with Crippen molar-refractivity contribution < 1.29 is 0 Å². The van der Waals surface area contributed by atoms with Gasteiger partial charge in [-0.15, -0.1) is 0 Å². The van der Waals surface area contributed by atoms with Crippen molar-refractivity contribution in [2.75, 3.05) is 9.80 Å². The van der Waals surface area contributed by atoms with E-state index in [1.165, 1.54) is 38.3 Å². The van der Waals surface area contributed by atoms with Gasteiger partial charge in [0.2, 0.25) is 0 Å². The highest BCUT2D eigenvalue weighted by molar-refractivity contribution is 7.00. The van der Waals surface area contributed by atoms with Gasteiger partial charge in [-0.25, -0.2) is 0 Å². The molecule has 9 aromatic carbocycles. The maximum atomic E-state index is 5.09. The Bertz CT molecular complexity index is 3900. The van der Waals surface area contributed by atoms with Crippen LogP contribution in [0.4, 0.5) is 34.1 Å². The number of hydrogen-bond acceptors (Lipinski definition) is 4. The number of hydrogen-bond donors (Lipinski definition) is 0. The molecule has 6 heteroatoms. The fourth-order valence-corrected chi connectivity index (χ4v) is 12.4. The lowest BCUT2D eigenvalue weighted by molar-refractivity contribution is 0.590. The van der Waals surface area contributed by atoms with Crippen LogP contribution in [0.25, 0.3) is 72.0 Å². The van der Waals surface area contributed by atoms with Gasteiger partial charge in [-0.3, -0.25) is 9.97 Å². The lowest BCUT2D eigenvalue weighted by Gasteiger charge is -2.46. The number of nitrogens with zero attached hydrogens (tertiary/aromatic N) is 5. The van der Waals surface area contributed by atoms with Crippen molar-refractivity contribution in [3.63, 3.8) is 0 Å². The van der Waals surface area contributed by atoms with Gasteiger partial charge in [-0.05, 0) is 97.0 Å². The predicted octanol–water partition coefficient (Wildman–Crippen LogP) is 16.9. The Hall–Kier alpha value is -9.26. The lowest BCUT2D eigenvalue weighted by Crippen LogP contribution is -2.61. The van der Waals surface area contributed by atoms with E-state index in [4.69, 9.17) is 9.97 Å². The number of rotatable bonds is 7. The second-order valence-corrected chi connectivity index (χ2v) is 23.0. The van der Waals surface area contributed by atoms with Crippen LogP contribution in [0.1, 0.15) is 52.7 Å². The zero-order valence-electron chi connectivity index (χ0n) is 44.9. The molecule has 0 radical (unpaired) electrons. The highest BCUT2D eigenvalue weighted by Crippen LogP contribution is 2.53. The molecule has 2 aliphatic heterocycles. The number of pyridine rings is 2. The van der Waals surface area contributed by atoms with E-state index >= 15 is 0 Å². The Kier molecular flexibility index (Phi) is 11.0. The second kappa shape index (κ2) is 18.2. The van der Waals surface area contributed by atoms with E-state index in [1.54, 1.807) is 0 Å². The van der Waals surface area contributed by atoms with Gasteiger partial charge in [0.1, 0.15) is 0 Å². The molecular formula is C72H58BN5. The van der Waals surface area contributed by atoms with Crippen LogP contribution >= 0.6 is 0 Å². The normalized spacial score (nSPS) is 12.9. The summed E-state index contributed by atoms with van der Waals surface area (Å²) in [6.45, 7) is 13.8. The van der Waals surface area contributed by atoms with E-state index in [9.17, 15) is 0 Å². The van der Waals surface area contributed by atoms with Crippen LogP contribution in [-0.2, 0) is 10.8 Å². The first-order valence-corrected chi connectivity index (χ1v) is 27.2. The van der Waals surface area contributed by atoms with E-state index in [2.05, 4.69) is 299 Å². The van der Waals surface area contributed by atoms with E-state index in [0.717, 1.165) is 95.4 Å². The maximum Gasteiger partial charge on any atom is 0.252 e. The minimum Gasteiger partial charge on any atom is -0.310 e. The van der Waals surface area contributed by atoms with Crippen LogP contribution in [0.2, 0.25) is 0 Å². The molecule has 3 aromatic heterocycles. The monoisotopic (exact) mass is 1000 g/mol. The number of benzene rings is 9. The Morgan fingerprint density at radius 3 is 1.03 bits per heavy atom. The average molecular weight is 1000 g/mol. The Labute approximate surface area is 457 Å². The van der Waals surface area contributed by atoms with E-state index in [-0.39, 0.29) is 17.5 Å². The molecule has 0 unspecified atom stereocenters. The molecule has 12 aromatic rings. The molecule has 5 heterocycles. The molecule has 0 saturated heterocycles.